The molecule has 0 radical (unpaired) electrons. The van der Waals surface area contributed by atoms with Gasteiger partial charge in [0.15, 0.2) is 0 Å². The first kappa shape index (κ1) is 10.5. The van der Waals surface area contributed by atoms with E-state index in [-0.39, 0.29) is 12.0 Å². The van der Waals surface area contributed by atoms with Gasteiger partial charge in [0.25, 0.3) is 0 Å². The highest BCUT2D eigenvalue weighted by atomic mass is 16.5. The second kappa shape index (κ2) is 4.58. The highest BCUT2D eigenvalue weighted by Crippen LogP contribution is 2.17. The normalized spacial score (nSPS) is 30.1. The Hall–Kier alpha value is -0.610. The first-order chi connectivity index (χ1) is 6.13. The minimum atomic E-state index is -0.222. The molecular weight excluding hydrogens is 168 g/mol. The van der Waals surface area contributed by atoms with Gasteiger partial charge in [-0.2, -0.15) is 0 Å². The highest BCUT2D eigenvalue weighted by molar-refractivity contribution is 5.75. The van der Waals surface area contributed by atoms with Crippen molar-refractivity contribution in [2.45, 2.75) is 44.3 Å². The molecule has 1 saturated carbocycles. The largest absolute Gasteiger partial charge is 0.468 e. The number of nitrogens with one attached hydrogen (secondary N) is 1. The summed E-state index contributed by atoms with van der Waals surface area (Å²) < 4.78 is 4.62. The predicted molar refractivity (Wildman–Crippen MR) is 50.2 cm³/mol. The Morgan fingerprint density at radius 1 is 1.62 bits per heavy atom. The average Bonchev–Trinajstić information content (AvgIpc) is 2.49. The maximum absolute atomic E-state index is 11.1. The van der Waals surface area contributed by atoms with Crippen molar-refractivity contribution in [2.24, 2.45) is 5.73 Å². The second-order valence-electron chi connectivity index (χ2n) is 3.68. The van der Waals surface area contributed by atoms with Gasteiger partial charge in [-0.15, -0.1) is 0 Å². The lowest BCUT2D eigenvalue weighted by Crippen LogP contribution is -2.41. The number of ether oxygens (including phenoxy) is 1. The van der Waals surface area contributed by atoms with Crippen LogP contribution in [0.1, 0.15) is 26.2 Å². The van der Waals surface area contributed by atoms with Gasteiger partial charge in [0.1, 0.15) is 6.04 Å². The summed E-state index contributed by atoms with van der Waals surface area (Å²) in [5.41, 5.74) is 5.75. The molecule has 0 amide bonds. The van der Waals surface area contributed by atoms with Crippen molar-refractivity contribution in [3.63, 3.8) is 0 Å². The van der Waals surface area contributed by atoms with Crippen molar-refractivity contribution in [1.29, 1.82) is 0 Å². The fraction of sp³-hybridized carbons (Fsp3) is 0.889. The van der Waals surface area contributed by atoms with Crippen LogP contribution in [0, 0.1) is 0 Å². The molecule has 0 aromatic rings. The molecule has 0 aliphatic heterocycles. The molecule has 3 N–H and O–H groups in total. The number of methoxy groups -OCH3 is 1. The van der Waals surface area contributed by atoms with E-state index in [1.165, 1.54) is 7.11 Å². The maximum atomic E-state index is 11.1. The first-order valence-electron chi connectivity index (χ1n) is 4.73. The zero-order valence-corrected chi connectivity index (χ0v) is 8.25. The van der Waals surface area contributed by atoms with Crippen molar-refractivity contribution in [3.8, 4) is 0 Å². The van der Waals surface area contributed by atoms with Gasteiger partial charge in [-0.1, -0.05) is 0 Å². The van der Waals surface area contributed by atoms with Crippen LogP contribution >= 0.6 is 0 Å². The van der Waals surface area contributed by atoms with E-state index in [2.05, 4.69) is 10.1 Å². The predicted octanol–water partition coefficient (Wildman–Crippen LogP) is 0.0173. The molecule has 0 heterocycles. The van der Waals surface area contributed by atoms with Crippen LogP contribution in [-0.2, 0) is 9.53 Å². The molecule has 0 spiro atoms. The molecule has 76 valence electrons. The standard InChI is InChI=1S/C9H18N2O2/c1-6(9(12)13-2)11-8-4-3-7(10)5-8/h6-8,11H,3-5,10H2,1-2H3/t6-,7?,8?/m0/s1. The molecule has 0 aromatic heterocycles. The lowest BCUT2D eigenvalue weighted by molar-refractivity contribution is -0.142. The number of rotatable bonds is 3. The van der Waals surface area contributed by atoms with Crippen LogP contribution in [0.25, 0.3) is 0 Å². The summed E-state index contributed by atoms with van der Waals surface area (Å²) in [6.45, 7) is 1.82. The van der Waals surface area contributed by atoms with Crippen LogP contribution in [0.15, 0.2) is 0 Å². The Balaban J connectivity index is 2.28. The third kappa shape index (κ3) is 2.97. The maximum Gasteiger partial charge on any atom is 0.322 e. The Morgan fingerprint density at radius 2 is 2.31 bits per heavy atom. The lowest BCUT2D eigenvalue weighted by atomic mass is 10.2. The fourth-order valence-electron chi connectivity index (χ4n) is 1.77. The highest BCUT2D eigenvalue weighted by Gasteiger charge is 2.24. The summed E-state index contributed by atoms with van der Waals surface area (Å²) in [5.74, 6) is -0.208. The van der Waals surface area contributed by atoms with Gasteiger partial charge in [0.2, 0.25) is 0 Å². The molecule has 3 atom stereocenters. The summed E-state index contributed by atoms with van der Waals surface area (Å²) in [6.07, 6.45) is 3.06. The molecule has 0 saturated heterocycles. The molecule has 0 bridgehead atoms. The Labute approximate surface area is 78.8 Å². The number of nitrogens with two attached hydrogens (primary N) is 1. The van der Waals surface area contributed by atoms with E-state index in [0.717, 1.165) is 19.3 Å². The van der Waals surface area contributed by atoms with Crippen LogP contribution in [-0.4, -0.2) is 31.2 Å². The van der Waals surface area contributed by atoms with E-state index in [9.17, 15) is 4.79 Å². The first-order valence-corrected chi connectivity index (χ1v) is 4.73. The van der Waals surface area contributed by atoms with E-state index in [1.807, 2.05) is 6.92 Å². The smallest absolute Gasteiger partial charge is 0.322 e. The van der Waals surface area contributed by atoms with Gasteiger partial charge < -0.3 is 15.8 Å². The molecule has 4 heteroatoms. The molecular formula is C9H18N2O2. The fourth-order valence-corrected chi connectivity index (χ4v) is 1.77. The van der Waals surface area contributed by atoms with Gasteiger partial charge in [-0.3, -0.25) is 4.79 Å². The van der Waals surface area contributed by atoms with Gasteiger partial charge in [0, 0.05) is 12.1 Å². The Kier molecular flexibility index (Phi) is 3.69. The SMILES string of the molecule is COC(=O)[C@H](C)NC1CCC(N)C1. The number of carbonyl (C=O) groups is 1. The van der Waals surface area contributed by atoms with Crippen LogP contribution in [0.5, 0.6) is 0 Å². The number of hydrogen-bond donors (Lipinski definition) is 2. The van der Waals surface area contributed by atoms with Gasteiger partial charge in [0.05, 0.1) is 7.11 Å². The van der Waals surface area contributed by atoms with E-state index in [4.69, 9.17) is 5.73 Å². The topological polar surface area (TPSA) is 64.3 Å². The second-order valence-corrected chi connectivity index (χ2v) is 3.68. The van der Waals surface area contributed by atoms with Gasteiger partial charge >= 0.3 is 5.97 Å². The van der Waals surface area contributed by atoms with Crippen molar-refractivity contribution < 1.29 is 9.53 Å². The van der Waals surface area contributed by atoms with E-state index in [1.54, 1.807) is 0 Å². The molecule has 1 aliphatic rings. The van der Waals surface area contributed by atoms with Crippen molar-refractivity contribution in [2.75, 3.05) is 7.11 Å². The zero-order chi connectivity index (χ0) is 9.84. The third-order valence-corrected chi connectivity index (χ3v) is 2.51. The van der Waals surface area contributed by atoms with Crippen molar-refractivity contribution in [3.05, 3.63) is 0 Å². The quantitative estimate of drug-likeness (QED) is 0.610. The summed E-state index contributed by atoms with van der Waals surface area (Å²) in [6, 6.07) is 0.451. The van der Waals surface area contributed by atoms with Crippen molar-refractivity contribution >= 4 is 5.97 Å². The van der Waals surface area contributed by atoms with Crippen LogP contribution in [0.4, 0.5) is 0 Å². The molecule has 2 unspecified atom stereocenters. The third-order valence-electron chi connectivity index (χ3n) is 2.51. The van der Waals surface area contributed by atoms with Crippen molar-refractivity contribution in [1.82, 2.24) is 5.32 Å². The van der Waals surface area contributed by atoms with Gasteiger partial charge in [-0.25, -0.2) is 0 Å². The molecule has 13 heavy (non-hydrogen) atoms. The molecule has 1 aliphatic carbocycles. The molecule has 0 aromatic carbocycles. The number of esters is 1. The van der Waals surface area contributed by atoms with Crippen LogP contribution in [0.3, 0.4) is 0 Å². The lowest BCUT2D eigenvalue weighted by Gasteiger charge is -2.17. The average molecular weight is 186 g/mol. The molecule has 1 rings (SSSR count). The zero-order valence-electron chi connectivity index (χ0n) is 8.25. The Bertz CT molecular complexity index is 184. The van der Waals surface area contributed by atoms with Crippen LogP contribution in [0.2, 0.25) is 0 Å². The van der Waals surface area contributed by atoms with E-state index in [0.29, 0.717) is 12.1 Å². The molecule has 4 nitrogen and oxygen atoms in total. The summed E-state index contributed by atoms with van der Waals surface area (Å²) in [5, 5.41) is 3.21. The van der Waals surface area contributed by atoms with Gasteiger partial charge in [-0.05, 0) is 26.2 Å². The van der Waals surface area contributed by atoms with E-state index < -0.39 is 0 Å². The molecule has 1 fully saturated rings. The van der Waals surface area contributed by atoms with Crippen LogP contribution < -0.4 is 11.1 Å². The number of carbonyl (C=O) groups excluding carboxylic acids is 1. The monoisotopic (exact) mass is 186 g/mol. The summed E-state index contributed by atoms with van der Waals surface area (Å²) in [7, 11) is 1.40. The number of hydrogen-bond acceptors (Lipinski definition) is 4. The Morgan fingerprint density at radius 3 is 2.77 bits per heavy atom. The van der Waals surface area contributed by atoms with E-state index >= 15 is 0 Å². The summed E-state index contributed by atoms with van der Waals surface area (Å²) >= 11 is 0. The minimum absolute atomic E-state index is 0.208. The minimum Gasteiger partial charge on any atom is -0.468 e. The summed E-state index contributed by atoms with van der Waals surface area (Å²) in [4.78, 5) is 11.1.